The van der Waals surface area contributed by atoms with E-state index >= 15 is 0 Å². The van der Waals surface area contributed by atoms with Crippen molar-refractivity contribution in [1.29, 1.82) is 0 Å². The van der Waals surface area contributed by atoms with Crippen LogP contribution in [0.15, 0.2) is 4.52 Å². The molecule has 0 fully saturated rings. The molecule has 1 aliphatic heterocycles. The summed E-state index contributed by atoms with van der Waals surface area (Å²) in [6.07, 6.45) is 1.69. The lowest BCUT2D eigenvalue weighted by Gasteiger charge is -2.27. The molecule has 2 aromatic rings. The van der Waals surface area contributed by atoms with Crippen molar-refractivity contribution in [2.24, 2.45) is 7.05 Å². The van der Waals surface area contributed by atoms with Gasteiger partial charge in [0.25, 0.3) is 5.89 Å². The molecule has 0 radical (unpaired) electrons. The Kier molecular flexibility index (Phi) is 3.82. The van der Waals surface area contributed by atoms with Crippen molar-refractivity contribution in [3.63, 3.8) is 0 Å². The molecule has 0 aromatic carbocycles. The number of hydrogen-bond acceptors (Lipinski definition) is 5. The van der Waals surface area contributed by atoms with Crippen molar-refractivity contribution < 1.29 is 9.32 Å². The molecule has 0 aliphatic carbocycles. The Labute approximate surface area is 128 Å². The molecule has 2 aromatic heterocycles. The van der Waals surface area contributed by atoms with Gasteiger partial charge in [-0.15, -0.1) is 0 Å². The van der Waals surface area contributed by atoms with E-state index in [1.165, 1.54) is 0 Å². The molecule has 0 bridgehead atoms. The molecule has 1 N–H and O–H groups in total. The molecular formula is C14H20N6O2. The van der Waals surface area contributed by atoms with E-state index in [-0.39, 0.29) is 6.03 Å². The summed E-state index contributed by atoms with van der Waals surface area (Å²) in [7, 11) is 1.90. The number of carbonyl (C=O) groups is 1. The fourth-order valence-corrected chi connectivity index (χ4v) is 2.67. The Morgan fingerprint density at radius 2 is 2.27 bits per heavy atom. The van der Waals surface area contributed by atoms with E-state index < -0.39 is 0 Å². The van der Waals surface area contributed by atoms with Crippen molar-refractivity contribution in [3.05, 3.63) is 17.1 Å². The molecule has 3 heterocycles. The Morgan fingerprint density at radius 1 is 1.45 bits per heavy atom. The highest BCUT2D eigenvalue weighted by Crippen LogP contribution is 2.28. The molecule has 0 unspecified atom stereocenters. The molecule has 22 heavy (non-hydrogen) atoms. The first-order valence-electron chi connectivity index (χ1n) is 7.48. The van der Waals surface area contributed by atoms with Crippen LogP contribution in [0.2, 0.25) is 0 Å². The fourth-order valence-electron chi connectivity index (χ4n) is 2.67. The third-order valence-corrected chi connectivity index (χ3v) is 3.79. The number of hydrogen-bond donors (Lipinski definition) is 1. The molecule has 1 aliphatic rings. The van der Waals surface area contributed by atoms with E-state index in [0.717, 1.165) is 24.1 Å². The first-order valence-corrected chi connectivity index (χ1v) is 7.48. The van der Waals surface area contributed by atoms with Crippen molar-refractivity contribution in [1.82, 2.24) is 30.1 Å². The van der Waals surface area contributed by atoms with Crippen molar-refractivity contribution in [2.75, 3.05) is 13.1 Å². The summed E-state index contributed by atoms with van der Waals surface area (Å²) in [5, 5.41) is 11.2. The number of nitrogens with zero attached hydrogens (tertiary/aromatic N) is 5. The summed E-state index contributed by atoms with van der Waals surface area (Å²) < 4.78 is 7.07. The quantitative estimate of drug-likeness (QED) is 0.922. The van der Waals surface area contributed by atoms with E-state index in [4.69, 9.17) is 4.52 Å². The summed E-state index contributed by atoms with van der Waals surface area (Å²) in [5.41, 5.74) is 2.78. The summed E-state index contributed by atoms with van der Waals surface area (Å²) in [6, 6.07) is -0.0380. The molecule has 0 saturated carbocycles. The van der Waals surface area contributed by atoms with Gasteiger partial charge in [0.05, 0.1) is 6.54 Å². The monoisotopic (exact) mass is 304 g/mol. The van der Waals surface area contributed by atoms with Crippen molar-refractivity contribution >= 4 is 6.03 Å². The van der Waals surface area contributed by atoms with Crippen molar-refractivity contribution in [3.8, 4) is 11.6 Å². The largest absolute Gasteiger partial charge is 0.338 e. The Bertz CT molecular complexity index is 690. The van der Waals surface area contributed by atoms with Crippen LogP contribution < -0.4 is 5.32 Å². The molecule has 8 nitrogen and oxygen atoms in total. The van der Waals surface area contributed by atoms with Crippen LogP contribution >= 0.6 is 0 Å². The number of nitrogens with one attached hydrogen (secondary N) is 1. The summed E-state index contributed by atoms with van der Waals surface area (Å²) in [6.45, 7) is 5.68. The van der Waals surface area contributed by atoms with E-state index in [1.807, 2.05) is 18.7 Å². The molecular weight excluding hydrogens is 284 g/mol. The maximum atomic E-state index is 12.2. The zero-order valence-electron chi connectivity index (χ0n) is 13.1. The van der Waals surface area contributed by atoms with Crippen LogP contribution in [-0.2, 0) is 20.0 Å². The third-order valence-electron chi connectivity index (χ3n) is 3.79. The summed E-state index contributed by atoms with van der Waals surface area (Å²) >= 11 is 0. The molecule has 3 rings (SSSR count). The normalized spacial score (nSPS) is 14.0. The molecule has 0 saturated heterocycles. The smallest absolute Gasteiger partial charge is 0.317 e. The van der Waals surface area contributed by atoms with Gasteiger partial charge in [-0.05, 0) is 13.3 Å². The highest BCUT2D eigenvalue weighted by molar-refractivity contribution is 5.75. The molecule has 118 valence electrons. The van der Waals surface area contributed by atoms with Gasteiger partial charge >= 0.3 is 6.03 Å². The van der Waals surface area contributed by atoms with Crippen LogP contribution in [-0.4, -0.2) is 43.9 Å². The van der Waals surface area contributed by atoms with E-state index in [0.29, 0.717) is 37.0 Å². The average molecular weight is 304 g/mol. The summed E-state index contributed by atoms with van der Waals surface area (Å²) in [4.78, 5) is 18.2. The van der Waals surface area contributed by atoms with Gasteiger partial charge < -0.3 is 14.7 Å². The Balaban J connectivity index is 1.88. The zero-order valence-corrected chi connectivity index (χ0v) is 13.1. The van der Waals surface area contributed by atoms with Gasteiger partial charge in [0.15, 0.2) is 11.5 Å². The number of carbonyl (C=O) groups excluding carboxylic acids is 1. The molecule has 0 spiro atoms. The zero-order chi connectivity index (χ0) is 15.7. The van der Waals surface area contributed by atoms with Gasteiger partial charge in [-0.25, -0.2) is 4.79 Å². The minimum atomic E-state index is -0.0380. The summed E-state index contributed by atoms with van der Waals surface area (Å²) in [5.74, 6) is 0.980. The standard InChI is InChI=1S/C14H20N6O2/c1-4-6-15-14(21)20-7-5-11-10(8-20)12(17-19(11)3)13-16-9(2)18-22-13/h4-8H2,1-3H3,(H,15,21). The Morgan fingerprint density at radius 3 is 2.95 bits per heavy atom. The van der Waals surface area contributed by atoms with Crippen LogP contribution in [0.25, 0.3) is 11.6 Å². The number of aryl methyl sites for hydroxylation is 2. The SMILES string of the molecule is CCCNC(=O)N1CCc2c(c(-c3nc(C)no3)nn2C)C1. The number of fused-ring (bicyclic) bond motifs is 1. The average Bonchev–Trinajstić information content (AvgIpc) is 3.08. The maximum absolute atomic E-state index is 12.2. The van der Waals surface area contributed by atoms with Gasteiger partial charge in [-0.1, -0.05) is 12.1 Å². The lowest BCUT2D eigenvalue weighted by Crippen LogP contribution is -2.43. The lowest BCUT2D eigenvalue weighted by molar-refractivity contribution is 0.192. The van der Waals surface area contributed by atoms with E-state index in [9.17, 15) is 4.79 Å². The van der Waals surface area contributed by atoms with Crippen LogP contribution in [0.4, 0.5) is 4.79 Å². The van der Waals surface area contributed by atoms with Gasteiger partial charge in [0, 0.05) is 37.8 Å². The first kappa shape index (κ1) is 14.6. The van der Waals surface area contributed by atoms with Gasteiger partial charge in [0.1, 0.15) is 0 Å². The van der Waals surface area contributed by atoms with Gasteiger partial charge in [0.2, 0.25) is 0 Å². The number of rotatable bonds is 3. The highest BCUT2D eigenvalue weighted by Gasteiger charge is 2.29. The molecule has 8 heteroatoms. The molecule has 0 atom stereocenters. The number of urea groups is 1. The topological polar surface area (TPSA) is 89.1 Å². The van der Waals surface area contributed by atoms with Crippen LogP contribution in [0.5, 0.6) is 0 Å². The Hall–Kier alpha value is -2.38. The first-order chi connectivity index (χ1) is 10.6. The van der Waals surface area contributed by atoms with Crippen LogP contribution in [0, 0.1) is 6.92 Å². The van der Waals surface area contributed by atoms with E-state index in [2.05, 4.69) is 20.6 Å². The highest BCUT2D eigenvalue weighted by atomic mass is 16.5. The predicted octanol–water partition coefficient (Wildman–Crippen LogP) is 1.26. The second-order valence-corrected chi connectivity index (χ2v) is 5.45. The maximum Gasteiger partial charge on any atom is 0.317 e. The van der Waals surface area contributed by atoms with Gasteiger partial charge in [-0.2, -0.15) is 10.1 Å². The lowest BCUT2D eigenvalue weighted by atomic mass is 10.1. The second kappa shape index (κ2) is 5.78. The van der Waals surface area contributed by atoms with Gasteiger partial charge in [-0.3, -0.25) is 4.68 Å². The van der Waals surface area contributed by atoms with Crippen LogP contribution in [0.1, 0.15) is 30.4 Å². The van der Waals surface area contributed by atoms with Crippen LogP contribution in [0.3, 0.4) is 0 Å². The molecule has 2 amide bonds. The van der Waals surface area contributed by atoms with E-state index in [1.54, 1.807) is 11.8 Å². The number of amides is 2. The fraction of sp³-hybridized carbons (Fsp3) is 0.571. The third kappa shape index (κ3) is 2.56. The minimum Gasteiger partial charge on any atom is -0.338 e. The number of aromatic nitrogens is 4. The second-order valence-electron chi connectivity index (χ2n) is 5.45. The van der Waals surface area contributed by atoms with Crippen molar-refractivity contribution in [2.45, 2.75) is 33.2 Å². The minimum absolute atomic E-state index is 0.0380. The predicted molar refractivity (Wildman–Crippen MR) is 79.0 cm³/mol.